The van der Waals surface area contributed by atoms with Gasteiger partial charge < -0.3 is 20.1 Å². The Morgan fingerprint density at radius 1 is 1.08 bits per heavy atom. The minimum absolute atomic E-state index is 0.0362. The van der Waals surface area contributed by atoms with Crippen molar-refractivity contribution in [3.05, 3.63) is 59.2 Å². The predicted octanol–water partition coefficient (Wildman–Crippen LogP) is 1.03. The Kier molecular flexibility index (Phi) is 3.94. The number of ether oxygens (including phenoxy) is 1. The van der Waals surface area contributed by atoms with Gasteiger partial charge >= 0.3 is 0 Å². The first-order chi connectivity index (χ1) is 11.9. The van der Waals surface area contributed by atoms with E-state index in [-0.39, 0.29) is 28.4 Å². The van der Waals surface area contributed by atoms with Crippen molar-refractivity contribution in [3.63, 3.8) is 0 Å². The van der Waals surface area contributed by atoms with Crippen molar-refractivity contribution in [1.82, 2.24) is 5.32 Å². The lowest BCUT2D eigenvalue weighted by atomic mass is 9.86. The standard InChI is InChI=1S/C18H15NO6/c1-25-15-9-10(2-7-14(15)21)8-13-16(22)19-17(23)18(13,24)11-3-5-12(20)6-4-11/h2-9,20-21,24H,1H3,(H,19,22,23)/t18-/m0/s1. The molecule has 0 aromatic heterocycles. The van der Waals surface area contributed by atoms with Gasteiger partial charge in [0.2, 0.25) is 0 Å². The summed E-state index contributed by atoms with van der Waals surface area (Å²) < 4.78 is 5.01. The van der Waals surface area contributed by atoms with Gasteiger partial charge in [0.1, 0.15) is 5.75 Å². The molecular formula is C18H15NO6. The molecule has 1 heterocycles. The lowest BCUT2D eigenvalue weighted by Gasteiger charge is -2.21. The zero-order chi connectivity index (χ0) is 18.2. The van der Waals surface area contributed by atoms with Gasteiger partial charge in [0.15, 0.2) is 17.1 Å². The summed E-state index contributed by atoms with van der Waals surface area (Å²) in [6.45, 7) is 0. The Morgan fingerprint density at radius 2 is 1.76 bits per heavy atom. The summed E-state index contributed by atoms with van der Waals surface area (Å²) in [6.07, 6.45) is 1.34. The molecule has 0 aliphatic carbocycles. The normalized spacial score (nSPS) is 21.4. The molecule has 2 amide bonds. The van der Waals surface area contributed by atoms with E-state index in [9.17, 15) is 24.9 Å². The number of phenolic OH excluding ortho intramolecular Hbond substituents is 2. The van der Waals surface area contributed by atoms with E-state index in [1.165, 1.54) is 55.7 Å². The second-order valence-electron chi connectivity index (χ2n) is 5.53. The molecule has 0 radical (unpaired) electrons. The van der Waals surface area contributed by atoms with Crippen LogP contribution in [0, 0.1) is 0 Å². The van der Waals surface area contributed by atoms with Gasteiger partial charge in [-0.1, -0.05) is 18.2 Å². The van der Waals surface area contributed by atoms with Crippen molar-refractivity contribution in [3.8, 4) is 17.2 Å². The van der Waals surface area contributed by atoms with Gasteiger partial charge in [-0.15, -0.1) is 0 Å². The first-order valence-electron chi connectivity index (χ1n) is 7.33. The SMILES string of the molecule is COc1cc(C=C2C(=O)NC(=O)[C@]2(O)c2ccc(O)cc2)ccc1O. The molecule has 1 fully saturated rings. The van der Waals surface area contributed by atoms with E-state index in [1.807, 2.05) is 0 Å². The number of nitrogens with one attached hydrogen (secondary N) is 1. The molecule has 1 atom stereocenters. The highest BCUT2D eigenvalue weighted by Gasteiger charge is 2.51. The van der Waals surface area contributed by atoms with Gasteiger partial charge in [0, 0.05) is 0 Å². The monoisotopic (exact) mass is 341 g/mol. The van der Waals surface area contributed by atoms with Crippen LogP contribution < -0.4 is 10.1 Å². The number of hydrogen-bond donors (Lipinski definition) is 4. The lowest BCUT2D eigenvalue weighted by molar-refractivity contribution is -0.134. The summed E-state index contributed by atoms with van der Waals surface area (Å²) in [4.78, 5) is 24.4. The van der Waals surface area contributed by atoms with Crippen LogP contribution in [0.15, 0.2) is 48.0 Å². The van der Waals surface area contributed by atoms with Crippen molar-refractivity contribution >= 4 is 17.9 Å². The van der Waals surface area contributed by atoms with Crippen LogP contribution in [0.2, 0.25) is 0 Å². The molecular weight excluding hydrogens is 326 g/mol. The lowest BCUT2D eigenvalue weighted by Crippen LogP contribution is -2.36. The second kappa shape index (κ2) is 5.95. The number of hydrogen-bond acceptors (Lipinski definition) is 6. The van der Waals surface area contributed by atoms with Crippen LogP contribution >= 0.6 is 0 Å². The Morgan fingerprint density at radius 3 is 2.40 bits per heavy atom. The first-order valence-corrected chi connectivity index (χ1v) is 7.33. The van der Waals surface area contributed by atoms with Crippen LogP contribution in [0.25, 0.3) is 6.08 Å². The van der Waals surface area contributed by atoms with Gasteiger partial charge in [0.05, 0.1) is 12.7 Å². The Hall–Kier alpha value is -3.32. The summed E-state index contributed by atoms with van der Waals surface area (Å²) in [6, 6.07) is 9.69. The zero-order valence-corrected chi connectivity index (χ0v) is 13.2. The van der Waals surface area contributed by atoms with Crippen molar-refractivity contribution in [2.75, 3.05) is 7.11 Å². The van der Waals surface area contributed by atoms with E-state index >= 15 is 0 Å². The minimum atomic E-state index is -2.18. The number of aliphatic hydroxyl groups is 1. The summed E-state index contributed by atoms with van der Waals surface area (Å²) in [5.74, 6) is -1.53. The van der Waals surface area contributed by atoms with Crippen molar-refractivity contribution in [1.29, 1.82) is 0 Å². The average Bonchev–Trinajstić information content (AvgIpc) is 2.81. The Balaban J connectivity index is 2.13. The van der Waals surface area contributed by atoms with Crippen molar-refractivity contribution in [2.45, 2.75) is 5.60 Å². The molecule has 7 heteroatoms. The van der Waals surface area contributed by atoms with E-state index in [0.29, 0.717) is 5.56 Å². The number of phenols is 2. The molecule has 3 rings (SSSR count). The maximum absolute atomic E-state index is 12.2. The molecule has 0 unspecified atom stereocenters. The van der Waals surface area contributed by atoms with Gasteiger partial charge in [-0.05, 0) is 41.5 Å². The molecule has 0 spiro atoms. The predicted molar refractivity (Wildman–Crippen MR) is 87.8 cm³/mol. The number of amides is 2. The van der Waals surface area contributed by atoms with E-state index < -0.39 is 17.4 Å². The third-order valence-corrected chi connectivity index (χ3v) is 3.99. The molecule has 128 valence electrons. The molecule has 1 aliphatic rings. The third kappa shape index (κ3) is 2.70. The summed E-state index contributed by atoms with van der Waals surface area (Å²) in [7, 11) is 1.38. The highest BCUT2D eigenvalue weighted by molar-refractivity contribution is 6.21. The second-order valence-corrected chi connectivity index (χ2v) is 5.53. The Labute approximate surface area is 142 Å². The molecule has 7 nitrogen and oxygen atoms in total. The third-order valence-electron chi connectivity index (χ3n) is 3.99. The molecule has 1 aliphatic heterocycles. The number of methoxy groups -OCH3 is 1. The number of imide groups is 1. The van der Waals surface area contributed by atoms with Crippen molar-refractivity contribution in [2.24, 2.45) is 0 Å². The molecule has 1 saturated heterocycles. The quantitative estimate of drug-likeness (QED) is 0.490. The minimum Gasteiger partial charge on any atom is -0.508 e. The Bertz CT molecular complexity index is 887. The van der Waals surface area contributed by atoms with Crippen molar-refractivity contribution < 1.29 is 29.6 Å². The molecule has 0 bridgehead atoms. The fourth-order valence-corrected chi connectivity index (χ4v) is 2.66. The average molecular weight is 341 g/mol. The van der Waals surface area contributed by atoms with Crippen LogP contribution in [0.5, 0.6) is 17.2 Å². The van der Waals surface area contributed by atoms with Crippen LogP contribution in [0.4, 0.5) is 0 Å². The molecule has 25 heavy (non-hydrogen) atoms. The fraction of sp³-hybridized carbons (Fsp3) is 0.111. The van der Waals surface area contributed by atoms with Crippen LogP contribution in [-0.2, 0) is 15.2 Å². The largest absolute Gasteiger partial charge is 0.508 e. The summed E-state index contributed by atoms with van der Waals surface area (Å²) in [5.41, 5.74) is -1.76. The first kappa shape index (κ1) is 16.5. The highest BCUT2D eigenvalue weighted by Crippen LogP contribution is 2.37. The maximum atomic E-state index is 12.2. The number of rotatable bonds is 3. The summed E-state index contributed by atoms with van der Waals surface area (Å²) >= 11 is 0. The van der Waals surface area contributed by atoms with Crippen LogP contribution in [-0.4, -0.2) is 34.2 Å². The van der Waals surface area contributed by atoms with Crippen LogP contribution in [0.3, 0.4) is 0 Å². The molecule has 2 aromatic carbocycles. The zero-order valence-electron chi connectivity index (χ0n) is 13.2. The number of carbonyl (C=O) groups excluding carboxylic acids is 2. The van der Waals surface area contributed by atoms with Crippen LogP contribution in [0.1, 0.15) is 11.1 Å². The number of benzene rings is 2. The van der Waals surface area contributed by atoms with E-state index in [1.54, 1.807) is 0 Å². The fourth-order valence-electron chi connectivity index (χ4n) is 2.66. The smallest absolute Gasteiger partial charge is 0.268 e. The topological polar surface area (TPSA) is 116 Å². The molecule has 4 N–H and O–H groups in total. The highest BCUT2D eigenvalue weighted by atomic mass is 16.5. The number of carbonyl (C=O) groups is 2. The molecule has 2 aromatic rings. The van der Waals surface area contributed by atoms with Gasteiger partial charge in [-0.2, -0.15) is 0 Å². The maximum Gasteiger partial charge on any atom is 0.268 e. The molecule has 0 saturated carbocycles. The van der Waals surface area contributed by atoms with E-state index in [2.05, 4.69) is 5.32 Å². The summed E-state index contributed by atoms with van der Waals surface area (Å²) in [5, 5.41) is 32.1. The van der Waals surface area contributed by atoms with Gasteiger partial charge in [-0.25, -0.2) is 0 Å². The van der Waals surface area contributed by atoms with Gasteiger partial charge in [-0.3, -0.25) is 14.9 Å². The van der Waals surface area contributed by atoms with Gasteiger partial charge in [0.25, 0.3) is 11.8 Å². The van der Waals surface area contributed by atoms with E-state index in [0.717, 1.165) is 0 Å². The number of aromatic hydroxyl groups is 2. The van der Waals surface area contributed by atoms with E-state index in [4.69, 9.17) is 4.74 Å².